The van der Waals surface area contributed by atoms with Crippen LogP contribution in [0.4, 0.5) is 0 Å². The number of hydrogen-bond acceptors (Lipinski definition) is 5. The first kappa shape index (κ1) is 13.6. The Balaban J connectivity index is 2.53. The second kappa shape index (κ2) is 5.22. The number of aryl methyl sites for hydroxylation is 2. The number of hydrogen-bond donors (Lipinski definition) is 2. The molecule has 5 nitrogen and oxygen atoms in total. The predicted octanol–water partition coefficient (Wildman–Crippen LogP) is 0.699. The molecule has 0 amide bonds. The van der Waals surface area contributed by atoms with Gasteiger partial charge in [0.1, 0.15) is 0 Å². The molecule has 1 atom stereocenters. The Hall–Kier alpha value is -0.500. The van der Waals surface area contributed by atoms with Gasteiger partial charge in [-0.25, -0.2) is 18.5 Å². The zero-order chi connectivity index (χ0) is 12.3. The first-order valence-corrected chi connectivity index (χ1v) is 7.50. The van der Waals surface area contributed by atoms with Crippen molar-refractivity contribution >= 4 is 21.4 Å². The molecule has 0 spiro atoms. The monoisotopic (exact) mass is 263 g/mol. The topological polar surface area (TPSA) is 85.1 Å². The van der Waals surface area contributed by atoms with Crippen LogP contribution in [0.5, 0.6) is 0 Å². The molecule has 0 bridgehead atoms. The van der Waals surface area contributed by atoms with E-state index in [4.69, 9.17) is 5.14 Å². The number of sulfonamides is 1. The van der Waals surface area contributed by atoms with Gasteiger partial charge in [-0.3, -0.25) is 0 Å². The SMILES string of the molecule is Cc1nc(C)c(C(C)NCCS(N)(=O)=O)s1. The number of aromatic nitrogens is 1. The van der Waals surface area contributed by atoms with Gasteiger partial charge in [-0.05, 0) is 20.8 Å². The van der Waals surface area contributed by atoms with Crippen molar-refractivity contribution in [3.8, 4) is 0 Å². The van der Waals surface area contributed by atoms with Crippen molar-refractivity contribution in [3.63, 3.8) is 0 Å². The molecule has 0 radical (unpaired) electrons. The summed E-state index contributed by atoms with van der Waals surface area (Å²) in [6.07, 6.45) is 0. The van der Waals surface area contributed by atoms with Crippen LogP contribution in [0.1, 0.15) is 28.5 Å². The van der Waals surface area contributed by atoms with Crippen LogP contribution < -0.4 is 10.5 Å². The van der Waals surface area contributed by atoms with Crippen LogP contribution in [0.15, 0.2) is 0 Å². The van der Waals surface area contributed by atoms with Crippen molar-refractivity contribution in [2.45, 2.75) is 26.8 Å². The minimum atomic E-state index is -3.38. The van der Waals surface area contributed by atoms with E-state index in [0.717, 1.165) is 15.6 Å². The van der Waals surface area contributed by atoms with Gasteiger partial charge < -0.3 is 5.32 Å². The largest absolute Gasteiger partial charge is 0.308 e. The summed E-state index contributed by atoms with van der Waals surface area (Å²) in [5, 5.41) is 9.06. The molecule has 1 heterocycles. The van der Waals surface area contributed by atoms with Crippen molar-refractivity contribution in [2.75, 3.05) is 12.3 Å². The Kier molecular flexibility index (Phi) is 4.43. The molecule has 7 heteroatoms. The first-order valence-electron chi connectivity index (χ1n) is 4.97. The molecule has 92 valence electrons. The standard InChI is InChI=1S/C9H17N3O2S2/c1-6(11-4-5-16(10,13)14)9-7(2)12-8(3)15-9/h6,11H,4-5H2,1-3H3,(H2,10,13,14). The molecular weight excluding hydrogens is 246 g/mol. The van der Waals surface area contributed by atoms with Gasteiger partial charge >= 0.3 is 0 Å². The van der Waals surface area contributed by atoms with E-state index in [1.165, 1.54) is 0 Å². The lowest BCUT2D eigenvalue weighted by atomic mass is 10.2. The van der Waals surface area contributed by atoms with E-state index in [-0.39, 0.29) is 11.8 Å². The van der Waals surface area contributed by atoms with E-state index in [9.17, 15) is 8.42 Å². The van der Waals surface area contributed by atoms with Gasteiger partial charge in [0.2, 0.25) is 10.0 Å². The predicted molar refractivity (Wildman–Crippen MR) is 66.0 cm³/mol. The number of thiazole rings is 1. The summed E-state index contributed by atoms with van der Waals surface area (Å²) in [6, 6.07) is 0.105. The summed E-state index contributed by atoms with van der Waals surface area (Å²) in [5.74, 6) is -0.0474. The summed E-state index contributed by atoms with van der Waals surface area (Å²) in [7, 11) is -3.38. The minimum Gasteiger partial charge on any atom is -0.308 e. The fraction of sp³-hybridized carbons (Fsp3) is 0.667. The Morgan fingerprint density at radius 3 is 2.56 bits per heavy atom. The van der Waals surface area contributed by atoms with Crippen molar-refractivity contribution < 1.29 is 8.42 Å². The maximum absolute atomic E-state index is 10.7. The normalized spacial score (nSPS) is 14.0. The molecular formula is C9H17N3O2S2. The molecule has 0 aromatic carbocycles. The lowest BCUT2D eigenvalue weighted by Crippen LogP contribution is -2.28. The van der Waals surface area contributed by atoms with E-state index in [1.807, 2.05) is 20.8 Å². The van der Waals surface area contributed by atoms with Gasteiger partial charge in [0.15, 0.2) is 0 Å². The quantitative estimate of drug-likeness (QED) is 0.819. The Morgan fingerprint density at radius 2 is 2.12 bits per heavy atom. The van der Waals surface area contributed by atoms with E-state index in [0.29, 0.717) is 6.54 Å². The summed E-state index contributed by atoms with van der Waals surface area (Å²) < 4.78 is 21.5. The van der Waals surface area contributed by atoms with Crippen LogP contribution in [-0.2, 0) is 10.0 Å². The molecule has 0 aliphatic carbocycles. The van der Waals surface area contributed by atoms with E-state index in [2.05, 4.69) is 10.3 Å². The third-order valence-electron chi connectivity index (χ3n) is 2.17. The molecule has 1 aromatic heterocycles. The van der Waals surface area contributed by atoms with Crippen molar-refractivity contribution in [1.82, 2.24) is 10.3 Å². The molecule has 1 aromatic rings. The minimum absolute atomic E-state index is 0.0474. The molecule has 3 N–H and O–H groups in total. The Labute approximate surface area is 100 Å². The molecule has 0 saturated heterocycles. The van der Waals surface area contributed by atoms with Crippen LogP contribution in [0.25, 0.3) is 0 Å². The second-order valence-electron chi connectivity index (χ2n) is 3.73. The third kappa shape index (κ3) is 4.17. The zero-order valence-corrected chi connectivity index (χ0v) is 11.3. The Morgan fingerprint density at radius 1 is 1.50 bits per heavy atom. The molecule has 1 unspecified atom stereocenters. The molecule has 0 aliphatic heterocycles. The second-order valence-corrected chi connectivity index (χ2v) is 6.69. The number of rotatable bonds is 5. The summed E-state index contributed by atoms with van der Waals surface area (Å²) in [4.78, 5) is 5.47. The summed E-state index contributed by atoms with van der Waals surface area (Å²) in [6.45, 7) is 6.26. The van der Waals surface area contributed by atoms with Gasteiger partial charge in [0.05, 0.1) is 16.5 Å². The highest BCUT2D eigenvalue weighted by Crippen LogP contribution is 2.23. The molecule has 16 heavy (non-hydrogen) atoms. The lowest BCUT2D eigenvalue weighted by molar-refractivity contribution is 0.575. The molecule has 0 aliphatic rings. The fourth-order valence-corrected chi connectivity index (χ4v) is 2.82. The molecule has 0 fully saturated rings. The number of nitrogens with two attached hydrogens (primary N) is 1. The summed E-state index contributed by atoms with van der Waals surface area (Å²) in [5.41, 5.74) is 0.998. The third-order valence-corrected chi connectivity index (χ3v) is 4.20. The average molecular weight is 263 g/mol. The highest BCUT2D eigenvalue weighted by Gasteiger charge is 2.13. The van der Waals surface area contributed by atoms with Gasteiger partial charge in [-0.1, -0.05) is 0 Å². The number of nitrogens with zero attached hydrogens (tertiary/aromatic N) is 1. The van der Waals surface area contributed by atoms with Crippen molar-refractivity contribution in [1.29, 1.82) is 0 Å². The lowest BCUT2D eigenvalue weighted by Gasteiger charge is -2.11. The van der Waals surface area contributed by atoms with Crippen molar-refractivity contribution in [2.24, 2.45) is 5.14 Å². The van der Waals surface area contributed by atoms with Gasteiger partial charge in [-0.2, -0.15) is 0 Å². The van der Waals surface area contributed by atoms with Gasteiger partial charge in [0.25, 0.3) is 0 Å². The fourth-order valence-electron chi connectivity index (χ4n) is 1.46. The highest BCUT2D eigenvalue weighted by atomic mass is 32.2. The van der Waals surface area contributed by atoms with E-state index in [1.54, 1.807) is 11.3 Å². The maximum Gasteiger partial charge on any atom is 0.210 e. The molecule has 0 saturated carbocycles. The van der Waals surface area contributed by atoms with Gasteiger partial charge in [0, 0.05) is 17.5 Å². The average Bonchev–Trinajstić information content (AvgIpc) is 2.43. The maximum atomic E-state index is 10.7. The summed E-state index contributed by atoms with van der Waals surface area (Å²) >= 11 is 1.63. The highest BCUT2D eigenvalue weighted by molar-refractivity contribution is 7.89. The zero-order valence-electron chi connectivity index (χ0n) is 9.65. The van der Waals surface area contributed by atoms with Crippen LogP contribution in [-0.4, -0.2) is 25.7 Å². The smallest absolute Gasteiger partial charge is 0.210 e. The Bertz CT molecular complexity index is 453. The number of nitrogens with one attached hydrogen (secondary N) is 1. The van der Waals surface area contributed by atoms with E-state index >= 15 is 0 Å². The molecule has 1 rings (SSSR count). The van der Waals surface area contributed by atoms with E-state index < -0.39 is 10.0 Å². The van der Waals surface area contributed by atoms with Gasteiger partial charge in [-0.15, -0.1) is 11.3 Å². The number of primary sulfonamides is 1. The van der Waals surface area contributed by atoms with Crippen LogP contribution in [0.2, 0.25) is 0 Å². The van der Waals surface area contributed by atoms with Crippen LogP contribution in [0.3, 0.4) is 0 Å². The van der Waals surface area contributed by atoms with Crippen LogP contribution in [0, 0.1) is 13.8 Å². The first-order chi connectivity index (χ1) is 7.29. The van der Waals surface area contributed by atoms with Crippen LogP contribution >= 0.6 is 11.3 Å². The van der Waals surface area contributed by atoms with Crippen molar-refractivity contribution in [3.05, 3.63) is 15.6 Å².